The Hall–Kier alpha value is -2.55. The van der Waals surface area contributed by atoms with Crippen LogP contribution in [0.3, 0.4) is 0 Å². The highest BCUT2D eigenvalue weighted by Crippen LogP contribution is 2.22. The molecule has 118 valence electrons. The van der Waals surface area contributed by atoms with Gasteiger partial charge in [0.1, 0.15) is 6.33 Å². The number of fused-ring (bicyclic) bond motifs is 1. The van der Waals surface area contributed by atoms with Crippen molar-refractivity contribution >= 4 is 26.8 Å². The van der Waals surface area contributed by atoms with Crippen LogP contribution in [0.5, 0.6) is 0 Å². The first kappa shape index (κ1) is 14.1. The van der Waals surface area contributed by atoms with Crippen molar-refractivity contribution in [3.63, 3.8) is 0 Å². The average Bonchev–Trinajstić information content (AvgIpc) is 3.12. The first-order valence-electron chi connectivity index (χ1n) is 7.21. The topological polar surface area (TPSA) is 103 Å². The SMILES string of the molecule is O=S1(=O)CCC(Nc2ncnc3c2nnn3-c2ccccc2)C1. The fourth-order valence-electron chi connectivity index (χ4n) is 2.70. The minimum absolute atomic E-state index is 0.116. The van der Waals surface area contributed by atoms with Crippen molar-refractivity contribution in [2.75, 3.05) is 16.8 Å². The Kier molecular flexibility index (Phi) is 3.22. The number of sulfone groups is 1. The molecule has 0 amide bonds. The standard InChI is InChI=1S/C14H14N6O2S/c21-23(22)7-6-10(8-23)17-13-12-14(16-9-15-13)20(19-18-12)11-4-2-1-3-5-11/h1-5,9-10H,6-8H2,(H,15,16,17). The Morgan fingerprint density at radius 2 is 2.00 bits per heavy atom. The summed E-state index contributed by atoms with van der Waals surface area (Å²) < 4.78 is 24.8. The molecular weight excluding hydrogens is 316 g/mol. The molecule has 1 N–H and O–H groups in total. The van der Waals surface area contributed by atoms with Crippen LogP contribution in [0, 0.1) is 0 Å². The Bertz CT molecular complexity index is 954. The molecule has 0 radical (unpaired) electrons. The van der Waals surface area contributed by atoms with E-state index in [1.54, 1.807) is 4.68 Å². The molecule has 3 aromatic rings. The summed E-state index contributed by atoms with van der Waals surface area (Å²) in [5, 5.41) is 11.4. The molecule has 1 fully saturated rings. The summed E-state index contributed by atoms with van der Waals surface area (Å²) in [6.07, 6.45) is 2.00. The minimum atomic E-state index is -2.95. The van der Waals surface area contributed by atoms with Gasteiger partial charge >= 0.3 is 0 Å². The highest BCUT2D eigenvalue weighted by atomic mass is 32.2. The maximum atomic E-state index is 11.6. The molecule has 1 atom stereocenters. The number of para-hydroxylation sites is 1. The molecule has 4 rings (SSSR count). The monoisotopic (exact) mass is 330 g/mol. The Labute approximate surface area is 132 Å². The second-order valence-electron chi connectivity index (χ2n) is 5.48. The first-order chi connectivity index (χ1) is 11.1. The van der Waals surface area contributed by atoms with Crippen LogP contribution in [-0.4, -0.2) is 50.9 Å². The van der Waals surface area contributed by atoms with Gasteiger partial charge in [-0.05, 0) is 18.6 Å². The molecule has 8 nitrogen and oxygen atoms in total. The van der Waals surface area contributed by atoms with Gasteiger partial charge in [0, 0.05) is 6.04 Å². The van der Waals surface area contributed by atoms with Gasteiger partial charge in [0.25, 0.3) is 0 Å². The van der Waals surface area contributed by atoms with E-state index in [-0.39, 0.29) is 17.5 Å². The highest BCUT2D eigenvalue weighted by Gasteiger charge is 2.28. The van der Waals surface area contributed by atoms with Gasteiger partial charge in [-0.15, -0.1) is 5.10 Å². The van der Waals surface area contributed by atoms with E-state index in [0.717, 1.165) is 5.69 Å². The fraction of sp³-hybridized carbons (Fsp3) is 0.286. The van der Waals surface area contributed by atoms with Crippen molar-refractivity contribution in [2.45, 2.75) is 12.5 Å². The molecule has 3 heterocycles. The van der Waals surface area contributed by atoms with Crippen molar-refractivity contribution in [3.05, 3.63) is 36.7 Å². The van der Waals surface area contributed by atoms with Crippen LogP contribution < -0.4 is 5.32 Å². The zero-order valence-electron chi connectivity index (χ0n) is 12.1. The summed E-state index contributed by atoms with van der Waals surface area (Å²) in [6, 6.07) is 9.41. The lowest BCUT2D eigenvalue weighted by atomic mass is 10.2. The van der Waals surface area contributed by atoms with Gasteiger partial charge < -0.3 is 5.32 Å². The molecule has 0 spiro atoms. The molecule has 9 heteroatoms. The van der Waals surface area contributed by atoms with Gasteiger partial charge in [0.15, 0.2) is 26.8 Å². The quantitative estimate of drug-likeness (QED) is 0.758. The van der Waals surface area contributed by atoms with Gasteiger partial charge in [-0.2, -0.15) is 4.68 Å². The molecule has 2 aromatic heterocycles. The summed E-state index contributed by atoms with van der Waals surface area (Å²) in [7, 11) is -2.95. The van der Waals surface area contributed by atoms with E-state index in [2.05, 4.69) is 25.6 Å². The van der Waals surface area contributed by atoms with E-state index < -0.39 is 9.84 Å². The first-order valence-corrected chi connectivity index (χ1v) is 9.03. The van der Waals surface area contributed by atoms with E-state index in [1.165, 1.54) is 6.33 Å². The fourth-order valence-corrected chi connectivity index (χ4v) is 4.37. The predicted octanol–water partition coefficient (Wildman–Crippen LogP) is 0.809. The Balaban J connectivity index is 1.71. The summed E-state index contributed by atoms with van der Waals surface area (Å²) >= 11 is 0. The van der Waals surface area contributed by atoms with Crippen molar-refractivity contribution in [1.82, 2.24) is 25.0 Å². The average molecular weight is 330 g/mol. The zero-order chi connectivity index (χ0) is 15.9. The smallest absolute Gasteiger partial charge is 0.188 e. The second-order valence-corrected chi connectivity index (χ2v) is 7.70. The molecule has 1 aliphatic heterocycles. The van der Waals surface area contributed by atoms with Gasteiger partial charge in [0.05, 0.1) is 17.2 Å². The van der Waals surface area contributed by atoms with Crippen molar-refractivity contribution in [2.24, 2.45) is 0 Å². The molecule has 0 saturated carbocycles. The van der Waals surface area contributed by atoms with E-state index in [0.29, 0.717) is 23.4 Å². The molecule has 1 unspecified atom stereocenters. The van der Waals surface area contributed by atoms with E-state index in [4.69, 9.17) is 0 Å². The molecule has 0 bridgehead atoms. The van der Waals surface area contributed by atoms with Crippen LogP contribution in [0.4, 0.5) is 5.82 Å². The Morgan fingerprint density at radius 1 is 1.17 bits per heavy atom. The number of hydrogen-bond donors (Lipinski definition) is 1. The number of benzene rings is 1. The summed E-state index contributed by atoms with van der Waals surface area (Å²) in [4.78, 5) is 8.44. The van der Waals surface area contributed by atoms with Crippen LogP contribution in [-0.2, 0) is 9.84 Å². The third-order valence-electron chi connectivity index (χ3n) is 3.81. The maximum Gasteiger partial charge on any atom is 0.188 e. The van der Waals surface area contributed by atoms with Gasteiger partial charge in [-0.3, -0.25) is 0 Å². The summed E-state index contributed by atoms with van der Waals surface area (Å²) in [5.41, 5.74) is 1.96. The van der Waals surface area contributed by atoms with Crippen LogP contribution in [0.1, 0.15) is 6.42 Å². The lowest BCUT2D eigenvalue weighted by Crippen LogP contribution is -2.21. The van der Waals surface area contributed by atoms with Crippen LogP contribution in [0.25, 0.3) is 16.9 Å². The normalized spacial score (nSPS) is 19.9. The van der Waals surface area contributed by atoms with E-state index >= 15 is 0 Å². The van der Waals surface area contributed by atoms with Crippen LogP contribution >= 0.6 is 0 Å². The van der Waals surface area contributed by atoms with E-state index in [1.807, 2.05) is 30.3 Å². The van der Waals surface area contributed by atoms with Crippen LogP contribution in [0.2, 0.25) is 0 Å². The van der Waals surface area contributed by atoms with Crippen LogP contribution in [0.15, 0.2) is 36.7 Å². The van der Waals surface area contributed by atoms with Crippen molar-refractivity contribution < 1.29 is 8.42 Å². The number of nitrogens with one attached hydrogen (secondary N) is 1. The van der Waals surface area contributed by atoms with E-state index in [9.17, 15) is 8.42 Å². The number of nitrogens with zero attached hydrogens (tertiary/aromatic N) is 5. The molecule has 23 heavy (non-hydrogen) atoms. The van der Waals surface area contributed by atoms with Crippen molar-refractivity contribution in [1.29, 1.82) is 0 Å². The van der Waals surface area contributed by atoms with Crippen molar-refractivity contribution in [3.8, 4) is 5.69 Å². The largest absolute Gasteiger partial charge is 0.364 e. The second kappa shape index (κ2) is 5.27. The zero-order valence-corrected chi connectivity index (χ0v) is 12.9. The molecule has 1 saturated heterocycles. The number of hydrogen-bond acceptors (Lipinski definition) is 7. The molecular formula is C14H14N6O2S. The third kappa shape index (κ3) is 2.63. The molecule has 1 aliphatic rings. The Morgan fingerprint density at radius 3 is 2.74 bits per heavy atom. The van der Waals surface area contributed by atoms with Gasteiger partial charge in [-0.25, -0.2) is 18.4 Å². The number of aromatic nitrogens is 5. The molecule has 0 aliphatic carbocycles. The minimum Gasteiger partial charge on any atom is -0.364 e. The maximum absolute atomic E-state index is 11.6. The number of anilines is 1. The highest BCUT2D eigenvalue weighted by molar-refractivity contribution is 7.91. The third-order valence-corrected chi connectivity index (χ3v) is 5.58. The lowest BCUT2D eigenvalue weighted by molar-refractivity contribution is 0.602. The van der Waals surface area contributed by atoms with Gasteiger partial charge in [0.2, 0.25) is 0 Å². The van der Waals surface area contributed by atoms with Gasteiger partial charge in [-0.1, -0.05) is 23.4 Å². The summed E-state index contributed by atoms with van der Waals surface area (Å²) in [6.45, 7) is 0. The molecule has 1 aromatic carbocycles. The number of rotatable bonds is 3. The predicted molar refractivity (Wildman–Crippen MR) is 85.1 cm³/mol. The summed E-state index contributed by atoms with van der Waals surface area (Å²) in [5.74, 6) is 0.834. The lowest BCUT2D eigenvalue weighted by Gasteiger charge is -2.11.